The van der Waals surface area contributed by atoms with Gasteiger partial charge in [-0.15, -0.1) is 0 Å². The highest BCUT2D eigenvalue weighted by molar-refractivity contribution is 5.42. The molecule has 1 aliphatic carbocycles. The summed E-state index contributed by atoms with van der Waals surface area (Å²) < 4.78 is 0. The van der Waals surface area contributed by atoms with Gasteiger partial charge in [0.25, 0.3) is 0 Å². The van der Waals surface area contributed by atoms with Gasteiger partial charge in [-0.2, -0.15) is 0 Å². The normalized spacial score (nSPS) is 22.4. The first-order chi connectivity index (χ1) is 9.57. The molecule has 0 heteroatoms. The molecule has 0 bridgehead atoms. The second-order valence-electron chi connectivity index (χ2n) is 7.09. The van der Waals surface area contributed by atoms with E-state index in [1.165, 1.54) is 18.4 Å². The molecule has 0 aromatic heterocycles. The molecule has 0 N–H and O–H groups in total. The van der Waals surface area contributed by atoms with Crippen molar-refractivity contribution < 1.29 is 0 Å². The summed E-state index contributed by atoms with van der Waals surface area (Å²) in [6.45, 7) is 7.12. The average Bonchev–Trinajstić information content (AvgIpc) is 2.46. The van der Waals surface area contributed by atoms with Crippen LogP contribution in [0.25, 0.3) is 0 Å². The van der Waals surface area contributed by atoms with Gasteiger partial charge in [0.05, 0.1) is 0 Å². The Kier molecular flexibility index (Phi) is 3.41. The summed E-state index contributed by atoms with van der Waals surface area (Å²) in [5, 5.41) is 0. The van der Waals surface area contributed by atoms with Crippen LogP contribution in [-0.4, -0.2) is 0 Å². The molecule has 2 aromatic carbocycles. The van der Waals surface area contributed by atoms with Crippen molar-refractivity contribution in [2.24, 2.45) is 5.41 Å². The Morgan fingerprint density at radius 3 is 2.00 bits per heavy atom. The van der Waals surface area contributed by atoms with E-state index in [0.717, 1.165) is 0 Å². The lowest BCUT2D eigenvalue weighted by Gasteiger charge is -2.39. The van der Waals surface area contributed by atoms with Crippen molar-refractivity contribution in [3.05, 3.63) is 71.3 Å². The second kappa shape index (κ2) is 5.09. The minimum absolute atomic E-state index is 0.345. The third-order valence-corrected chi connectivity index (χ3v) is 4.74. The number of benzene rings is 2. The van der Waals surface area contributed by atoms with E-state index >= 15 is 0 Å². The molecule has 0 saturated carbocycles. The first-order valence-electron chi connectivity index (χ1n) is 7.71. The summed E-state index contributed by atoms with van der Waals surface area (Å²) in [6.07, 6.45) is 2.56. The molecular weight excluding hydrogens is 240 g/mol. The Hall–Kier alpha value is -1.56. The lowest BCUT2D eigenvalue weighted by molar-refractivity contribution is 0.284. The van der Waals surface area contributed by atoms with Gasteiger partial charge in [-0.05, 0) is 40.9 Å². The monoisotopic (exact) mass is 264 g/mol. The fraction of sp³-hybridized carbons (Fsp3) is 0.400. The minimum Gasteiger partial charge on any atom is -0.0622 e. The predicted octanol–water partition coefficient (Wildman–Crippen LogP) is 5.74. The molecule has 2 unspecified atom stereocenters. The van der Waals surface area contributed by atoms with E-state index in [1.54, 1.807) is 11.1 Å². The van der Waals surface area contributed by atoms with E-state index in [-0.39, 0.29) is 0 Å². The zero-order valence-electron chi connectivity index (χ0n) is 12.8. The van der Waals surface area contributed by atoms with E-state index in [2.05, 4.69) is 75.4 Å². The molecule has 3 rings (SSSR count). The fourth-order valence-corrected chi connectivity index (χ4v) is 3.72. The molecule has 104 valence electrons. The Balaban J connectivity index is 2.06. The van der Waals surface area contributed by atoms with Crippen molar-refractivity contribution in [1.29, 1.82) is 0 Å². The molecule has 0 spiro atoms. The number of hydrogen-bond donors (Lipinski definition) is 0. The third kappa shape index (κ3) is 2.40. The van der Waals surface area contributed by atoms with Crippen LogP contribution in [0.15, 0.2) is 54.6 Å². The quantitative estimate of drug-likeness (QED) is 0.616. The predicted molar refractivity (Wildman–Crippen MR) is 86.2 cm³/mol. The summed E-state index contributed by atoms with van der Waals surface area (Å²) in [4.78, 5) is 0. The molecule has 0 aliphatic heterocycles. The van der Waals surface area contributed by atoms with Gasteiger partial charge in [0.15, 0.2) is 0 Å². The van der Waals surface area contributed by atoms with Gasteiger partial charge >= 0.3 is 0 Å². The standard InChI is InChI=1S/C20H24/c1-20(2,3)19-14-13-16(15-9-5-4-6-10-15)17-11-7-8-12-18(17)19/h4-12,16,19H,13-14H2,1-3H3. The van der Waals surface area contributed by atoms with Crippen LogP contribution in [0, 0.1) is 5.41 Å². The zero-order chi connectivity index (χ0) is 14.2. The molecule has 2 atom stereocenters. The Labute approximate surface area is 122 Å². The zero-order valence-corrected chi connectivity index (χ0v) is 12.8. The molecule has 20 heavy (non-hydrogen) atoms. The van der Waals surface area contributed by atoms with Gasteiger partial charge in [0.2, 0.25) is 0 Å². The van der Waals surface area contributed by atoms with E-state index in [0.29, 0.717) is 17.3 Å². The SMILES string of the molecule is CC(C)(C)C1CCC(c2ccccc2)c2ccccc21. The van der Waals surface area contributed by atoms with Crippen molar-refractivity contribution in [1.82, 2.24) is 0 Å². The lowest BCUT2D eigenvalue weighted by Crippen LogP contribution is -2.25. The summed E-state index contributed by atoms with van der Waals surface area (Å²) >= 11 is 0. The van der Waals surface area contributed by atoms with Gasteiger partial charge in [0, 0.05) is 5.92 Å². The highest BCUT2D eigenvalue weighted by Crippen LogP contribution is 2.48. The highest BCUT2D eigenvalue weighted by Gasteiger charge is 2.34. The summed E-state index contributed by atoms with van der Waals surface area (Å²) in [6, 6.07) is 20.1. The third-order valence-electron chi connectivity index (χ3n) is 4.74. The van der Waals surface area contributed by atoms with Crippen molar-refractivity contribution >= 4 is 0 Å². The molecule has 0 saturated heterocycles. The topological polar surface area (TPSA) is 0 Å². The fourth-order valence-electron chi connectivity index (χ4n) is 3.72. The van der Waals surface area contributed by atoms with Crippen LogP contribution in [0.1, 0.15) is 62.1 Å². The number of rotatable bonds is 1. The lowest BCUT2D eigenvalue weighted by atomic mass is 9.65. The summed E-state index contributed by atoms with van der Waals surface area (Å²) in [5.74, 6) is 1.25. The maximum absolute atomic E-state index is 2.37. The average molecular weight is 264 g/mol. The van der Waals surface area contributed by atoms with Crippen LogP contribution >= 0.6 is 0 Å². The Morgan fingerprint density at radius 1 is 0.750 bits per heavy atom. The van der Waals surface area contributed by atoms with Crippen LogP contribution < -0.4 is 0 Å². The van der Waals surface area contributed by atoms with Crippen molar-refractivity contribution in [2.75, 3.05) is 0 Å². The maximum Gasteiger partial charge on any atom is 0.00924 e. The van der Waals surface area contributed by atoms with E-state index in [9.17, 15) is 0 Å². The smallest absolute Gasteiger partial charge is 0.00924 e. The summed E-state index contributed by atoms with van der Waals surface area (Å²) in [7, 11) is 0. The number of fused-ring (bicyclic) bond motifs is 1. The Morgan fingerprint density at radius 2 is 1.35 bits per heavy atom. The molecule has 2 aromatic rings. The van der Waals surface area contributed by atoms with E-state index in [1.807, 2.05) is 0 Å². The Bertz CT molecular complexity index is 574. The molecule has 0 amide bonds. The molecule has 0 heterocycles. The molecule has 0 nitrogen and oxygen atoms in total. The van der Waals surface area contributed by atoms with Crippen LogP contribution in [0.4, 0.5) is 0 Å². The number of hydrogen-bond acceptors (Lipinski definition) is 0. The highest BCUT2D eigenvalue weighted by atomic mass is 14.4. The van der Waals surface area contributed by atoms with Crippen molar-refractivity contribution in [2.45, 2.75) is 45.4 Å². The van der Waals surface area contributed by atoms with E-state index < -0.39 is 0 Å². The van der Waals surface area contributed by atoms with E-state index in [4.69, 9.17) is 0 Å². The van der Waals surface area contributed by atoms with Gasteiger partial charge in [-0.1, -0.05) is 75.4 Å². The largest absolute Gasteiger partial charge is 0.0622 e. The van der Waals surface area contributed by atoms with Crippen LogP contribution in [-0.2, 0) is 0 Å². The van der Waals surface area contributed by atoms with Gasteiger partial charge < -0.3 is 0 Å². The molecule has 0 fully saturated rings. The van der Waals surface area contributed by atoms with Crippen LogP contribution in [0.3, 0.4) is 0 Å². The summed E-state index contributed by atoms with van der Waals surface area (Å²) in [5.41, 5.74) is 4.93. The molecule has 1 aliphatic rings. The minimum atomic E-state index is 0.345. The van der Waals surface area contributed by atoms with Crippen LogP contribution in [0.2, 0.25) is 0 Å². The van der Waals surface area contributed by atoms with Gasteiger partial charge in [-0.25, -0.2) is 0 Å². The maximum atomic E-state index is 2.37. The second-order valence-corrected chi connectivity index (χ2v) is 7.09. The van der Waals surface area contributed by atoms with Crippen LogP contribution in [0.5, 0.6) is 0 Å². The molecular formula is C20H24. The first-order valence-corrected chi connectivity index (χ1v) is 7.71. The van der Waals surface area contributed by atoms with Gasteiger partial charge in [0.1, 0.15) is 0 Å². The van der Waals surface area contributed by atoms with Gasteiger partial charge in [-0.3, -0.25) is 0 Å². The first kappa shape index (κ1) is 13.4. The molecule has 0 radical (unpaired) electrons. The van der Waals surface area contributed by atoms with Crippen molar-refractivity contribution in [3.63, 3.8) is 0 Å². The van der Waals surface area contributed by atoms with Crippen molar-refractivity contribution in [3.8, 4) is 0 Å².